The van der Waals surface area contributed by atoms with Crippen LogP contribution in [-0.2, 0) is 96.1 Å². The number of imide groups is 3. The van der Waals surface area contributed by atoms with Crippen molar-refractivity contribution < 1.29 is 125 Å². The maximum absolute atomic E-state index is 13.1. The van der Waals surface area contributed by atoms with Gasteiger partial charge in [-0.3, -0.25) is 53.4 Å². The summed E-state index contributed by atoms with van der Waals surface area (Å²) in [7, 11) is 1.25. The van der Waals surface area contributed by atoms with Gasteiger partial charge in [0.1, 0.15) is 80.9 Å². The first kappa shape index (κ1) is 98.9. The number of nitro benzene ring substituents is 1. The Bertz CT molecular complexity index is 5170. The van der Waals surface area contributed by atoms with Gasteiger partial charge in [0.05, 0.1) is 67.9 Å². The summed E-state index contributed by atoms with van der Waals surface area (Å²) in [5.74, 6) is -4.20. The molecule has 37 nitrogen and oxygen atoms in total. The molecule has 5 heterocycles. The molecule has 5 unspecified atom stereocenters. The molecule has 678 valence electrons. The van der Waals surface area contributed by atoms with E-state index in [0.717, 1.165) is 32.7 Å². The standard InChI is InChI=1S/C27H35N3O6.C24H30N2O8.C23H21N3O6.C17H16N2O7/c1-4-18(2)24(26(33)29-22(27(34)35-3)15-19-11-7-5-8-12-19)30-25(32)21(28)16-23(31)36-17-20-13-9-6-10-14-20;1-17(25-27)19-3-5-21-23(15-19)33-13-9-30-10-14-34-24-16-20(18(2)26-28)4-6-22(24)32-12-8-29-7-11-31-21;1-13-9-18(20(26(30)31)10-14(13)2)21-6-5-16(32-21)11-17-15(3)19(12-24)23(29)25(22(17)28)7-4-8-27;20-13-7-6-12(16(23)26-19-14(21)8-9-15(19)22)18(13)17(24)25-10-11-4-2-1-3-5-11/h5-14,18,21-22,24H,4,15-17,28H2,1-3H3,(H,29,33)(H,30,32);3-6,15-16,27-28H,7-14H2,1-2H3;5-6,9-11,27H,4,7-8H2,1-3H3;1-5,12H,6-10H2/b;25-17-,26-18-;17-11-;. The lowest BCUT2D eigenvalue weighted by atomic mass is 9.94. The van der Waals surface area contributed by atoms with Crippen LogP contribution in [0.4, 0.5) is 10.5 Å². The predicted molar refractivity (Wildman–Crippen MR) is 457 cm³/mol. The molecule has 4 aliphatic rings. The van der Waals surface area contributed by atoms with Crippen LogP contribution in [0.3, 0.4) is 0 Å². The number of nitrogens with two attached hydrogens (primary N) is 1. The molecule has 6 aromatic carbocycles. The average molecular weight is 1770 g/mol. The van der Waals surface area contributed by atoms with Crippen LogP contribution in [-0.4, -0.2) is 209 Å². The molecule has 128 heavy (non-hydrogen) atoms. The molecule has 0 bridgehead atoms. The second kappa shape index (κ2) is 49.9. The number of ether oxygens (including phenoxy) is 9. The van der Waals surface area contributed by atoms with Gasteiger partial charge in [-0.05, 0) is 147 Å². The zero-order valence-electron chi connectivity index (χ0n) is 71.9. The van der Waals surface area contributed by atoms with Crippen LogP contribution in [0.2, 0.25) is 0 Å². The van der Waals surface area contributed by atoms with Crippen molar-refractivity contribution in [3.05, 3.63) is 223 Å². The number of hydroxylamine groups is 2. The number of amides is 8. The van der Waals surface area contributed by atoms with Crippen molar-refractivity contribution in [1.82, 2.24) is 25.5 Å². The Hall–Kier alpha value is -14.5. The Morgan fingerprint density at radius 1 is 0.664 bits per heavy atom. The number of benzene rings is 6. The van der Waals surface area contributed by atoms with Gasteiger partial charge >= 0.3 is 24.0 Å². The van der Waals surface area contributed by atoms with Crippen molar-refractivity contribution in [2.45, 2.75) is 137 Å². The zero-order valence-corrected chi connectivity index (χ0v) is 71.9. The van der Waals surface area contributed by atoms with Crippen molar-refractivity contribution >= 4 is 88.5 Å². The van der Waals surface area contributed by atoms with E-state index in [1.165, 1.54) is 26.2 Å². The van der Waals surface area contributed by atoms with E-state index in [4.69, 9.17) is 73.1 Å². The van der Waals surface area contributed by atoms with Gasteiger partial charge in [-0.15, -0.1) is 5.06 Å². The molecular formula is C91H102N10O27. The monoisotopic (exact) mass is 1770 g/mol. The normalized spacial score (nSPS) is 16.3. The number of aliphatic hydroxyl groups is 1. The van der Waals surface area contributed by atoms with Gasteiger partial charge in [-0.1, -0.05) is 122 Å². The molecule has 4 aliphatic heterocycles. The lowest BCUT2D eigenvalue weighted by Gasteiger charge is -2.27. The lowest BCUT2D eigenvalue weighted by molar-refractivity contribution is -0.384. The van der Waals surface area contributed by atoms with Gasteiger partial charge in [0.25, 0.3) is 29.3 Å². The molecule has 0 radical (unpaired) electrons. The van der Waals surface area contributed by atoms with E-state index < -0.39 is 94.4 Å². The van der Waals surface area contributed by atoms with Crippen molar-refractivity contribution in [2.75, 3.05) is 73.1 Å². The summed E-state index contributed by atoms with van der Waals surface area (Å²) in [6.07, 6.45) is 0.993. The average Bonchev–Trinajstić information content (AvgIpc) is 1.16. The molecule has 0 spiro atoms. The Balaban J connectivity index is 0.000000212. The number of carbonyl (C=O) groups excluding carboxylic acids is 11. The highest BCUT2D eigenvalue weighted by Crippen LogP contribution is 2.37. The van der Waals surface area contributed by atoms with E-state index in [9.17, 15) is 68.1 Å². The highest BCUT2D eigenvalue weighted by atomic mass is 16.7. The van der Waals surface area contributed by atoms with Crippen LogP contribution in [0.1, 0.15) is 124 Å². The zero-order chi connectivity index (χ0) is 92.9. The Morgan fingerprint density at radius 2 is 1.19 bits per heavy atom. The van der Waals surface area contributed by atoms with Crippen molar-refractivity contribution in [1.29, 1.82) is 5.26 Å². The largest absolute Gasteiger partial charge is 0.487 e. The fourth-order valence-electron chi connectivity index (χ4n) is 12.7. The first-order valence-corrected chi connectivity index (χ1v) is 40.8. The predicted octanol–water partition coefficient (Wildman–Crippen LogP) is 9.59. The van der Waals surface area contributed by atoms with Crippen LogP contribution in [0, 0.1) is 41.2 Å². The number of fused-ring (bicyclic) bond motifs is 2. The third-order valence-corrected chi connectivity index (χ3v) is 20.2. The van der Waals surface area contributed by atoms with Gasteiger partial charge in [-0.25, -0.2) is 19.3 Å². The number of nitro groups is 1. The number of hydrogen-bond donors (Lipinski definition) is 6. The van der Waals surface area contributed by atoms with E-state index in [1.807, 2.05) is 86.6 Å². The minimum Gasteiger partial charge on any atom is -0.487 e. The summed E-state index contributed by atoms with van der Waals surface area (Å²) in [5, 5.41) is 60.2. The number of rotatable bonds is 25. The topological polar surface area (TPSA) is 505 Å². The van der Waals surface area contributed by atoms with E-state index in [2.05, 4.69) is 20.9 Å². The minimum absolute atomic E-state index is 0.0256. The highest BCUT2D eigenvalue weighted by molar-refractivity contribution is 6.19. The van der Waals surface area contributed by atoms with E-state index in [0.29, 0.717) is 120 Å². The minimum atomic E-state index is -1.23. The molecule has 2 saturated heterocycles. The third kappa shape index (κ3) is 28.5. The first-order valence-electron chi connectivity index (χ1n) is 40.8. The molecule has 5 atom stereocenters. The number of carbonyl (C=O) groups is 11. The number of furan rings is 1. The van der Waals surface area contributed by atoms with Gasteiger partial charge in [-0.2, -0.15) is 5.26 Å². The van der Waals surface area contributed by atoms with Gasteiger partial charge in [0.15, 0.2) is 23.0 Å². The molecule has 2 fully saturated rings. The molecular weight excluding hydrogens is 1670 g/mol. The van der Waals surface area contributed by atoms with E-state index in [1.54, 1.807) is 107 Å². The van der Waals surface area contributed by atoms with Gasteiger partial charge < -0.3 is 83.8 Å². The quantitative estimate of drug-likeness (QED) is 0.00453. The van der Waals surface area contributed by atoms with Crippen LogP contribution < -0.4 is 35.3 Å². The number of nitrogens with zero attached hydrogens (tertiary/aromatic N) is 7. The fraction of sp³-hybridized carbons (Fsp3) is 0.363. The molecule has 11 rings (SSSR count). The van der Waals surface area contributed by atoms with Crippen LogP contribution >= 0.6 is 0 Å². The Kier molecular flexibility index (Phi) is 38.5. The molecule has 37 heteroatoms. The van der Waals surface area contributed by atoms with Crippen molar-refractivity contribution in [2.24, 2.45) is 22.0 Å². The Morgan fingerprint density at radius 3 is 1.70 bits per heavy atom. The van der Waals surface area contributed by atoms with Crippen LogP contribution in [0.15, 0.2) is 183 Å². The third-order valence-electron chi connectivity index (χ3n) is 20.2. The van der Waals surface area contributed by atoms with Crippen molar-refractivity contribution in [3.8, 4) is 40.4 Å². The number of aliphatic hydroxyl groups excluding tert-OH is 1. The molecule has 8 amide bonds. The van der Waals surface area contributed by atoms with Gasteiger partial charge in [0.2, 0.25) is 17.7 Å². The lowest BCUT2D eigenvalue weighted by Crippen LogP contribution is -2.57. The first-order chi connectivity index (χ1) is 61.5. The molecule has 1 aromatic heterocycles. The molecule has 7 aromatic rings. The second-order valence-electron chi connectivity index (χ2n) is 29.2. The van der Waals surface area contributed by atoms with Crippen molar-refractivity contribution in [3.63, 3.8) is 0 Å². The van der Waals surface area contributed by atoms with E-state index >= 15 is 0 Å². The summed E-state index contributed by atoms with van der Waals surface area (Å²) in [4.78, 5) is 153. The summed E-state index contributed by atoms with van der Waals surface area (Å²) >= 11 is 0. The summed E-state index contributed by atoms with van der Waals surface area (Å²) in [6.45, 7) is 14.6. The van der Waals surface area contributed by atoms with Crippen LogP contribution in [0.25, 0.3) is 17.4 Å². The molecule has 0 aliphatic carbocycles. The molecule has 7 N–H and O–H groups in total. The smallest absolute Gasteiger partial charge is 0.417 e. The highest BCUT2D eigenvalue weighted by Gasteiger charge is 2.45. The maximum Gasteiger partial charge on any atom is 0.417 e. The number of esters is 2. The number of nitriles is 1. The number of oxime groups is 2. The SMILES string of the molecule is C/C(=N/O)c1ccc2c(c1)OCCOCCOc1cc(/C(C)=N\O)ccc1OCCOCCO2.CC1=C(C#N)C(=O)N(CCCO)C(=O)/C1=C\c1ccc(-c2cc(C)c(C)cc2[N+](=O)[O-])o1.CCC(C)C(NC(=O)C(N)CC(=O)OCc1ccccc1)C(=O)NC(Cc1ccccc1)C(=O)OC.O=C(ON1C(=O)CCC1=O)C1CCC(=O)N1C(=O)OCc1ccccc1. The maximum atomic E-state index is 13.1. The number of aryl methyl sites for hydroxylation is 2. The molecule has 0 saturated carbocycles. The Labute approximate surface area is 737 Å². The van der Waals surface area contributed by atoms with Crippen LogP contribution in [0.5, 0.6) is 23.0 Å². The number of hydrogen-bond acceptors (Lipinski definition) is 31. The number of methoxy groups -OCH3 is 1. The van der Waals surface area contributed by atoms with Gasteiger partial charge in [0, 0.05) is 61.6 Å². The summed E-state index contributed by atoms with van der Waals surface area (Å²) in [6, 6.07) is 41.6. The number of nitrogens with one attached hydrogen (secondary N) is 2. The fourth-order valence-corrected chi connectivity index (χ4v) is 12.7. The number of likely N-dealkylation sites (tertiary alicyclic amines) is 1. The summed E-state index contributed by atoms with van der Waals surface area (Å²) < 4.78 is 55.5. The summed E-state index contributed by atoms with van der Waals surface area (Å²) in [5.41, 5.74) is 12.7. The van der Waals surface area contributed by atoms with E-state index in [-0.39, 0.29) is 111 Å². The second-order valence-corrected chi connectivity index (χ2v) is 29.2.